The highest BCUT2D eigenvalue weighted by Crippen LogP contribution is 2.11. The lowest BCUT2D eigenvalue weighted by atomic mass is 10.1. The number of rotatable bonds is 8. The Morgan fingerprint density at radius 3 is 2.20 bits per heavy atom. The van der Waals surface area contributed by atoms with Crippen LogP contribution in [0.25, 0.3) is 6.08 Å². The number of carbonyl (C=O) groups is 1. The number of hydrogen-bond acceptors (Lipinski definition) is 3. The van der Waals surface area contributed by atoms with Gasteiger partial charge in [0.25, 0.3) is 5.69 Å². The van der Waals surface area contributed by atoms with Gasteiger partial charge >= 0.3 is 0 Å². The first-order valence-corrected chi connectivity index (χ1v) is 6.96. The summed E-state index contributed by atoms with van der Waals surface area (Å²) in [5, 5.41) is 10.2. The quantitative estimate of drug-likeness (QED) is 0.297. The number of aldehydes is 1. The average Bonchev–Trinajstić information content (AvgIpc) is 2.48. The number of unbranched alkanes of at least 4 members (excludes halogenated alkanes) is 5. The van der Waals surface area contributed by atoms with Gasteiger partial charge in [0.2, 0.25) is 0 Å². The van der Waals surface area contributed by atoms with Crippen molar-refractivity contribution in [3.63, 3.8) is 0 Å². The van der Waals surface area contributed by atoms with Gasteiger partial charge in [-0.05, 0) is 24.1 Å². The molecule has 1 rings (SSSR count). The zero-order valence-corrected chi connectivity index (χ0v) is 12.1. The van der Waals surface area contributed by atoms with Gasteiger partial charge in [0.05, 0.1) is 4.92 Å². The molecule has 4 nitrogen and oxygen atoms in total. The molecule has 0 aliphatic rings. The van der Waals surface area contributed by atoms with Crippen LogP contribution in [-0.2, 0) is 4.79 Å². The summed E-state index contributed by atoms with van der Waals surface area (Å²) < 4.78 is 0. The van der Waals surface area contributed by atoms with E-state index in [0.29, 0.717) is 0 Å². The molecule has 0 bridgehead atoms. The number of non-ortho nitro benzene ring substituents is 1. The van der Waals surface area contributed by atoms with Crippen LogP contribution in [0.3, 0.4) is 0 Å². The number of carbonyl (C=O) groups excluding carboxylic acids is 1. The Morgan fingerprint density at radius 2 is 1.75 bits per heavy atom. The van der Waals surface area contributed by atoms with E-state index in [2.05, 4.69) is 13.5 Å². The molecule has 0 radical (unpaired) electrons. The van der Waals surface area contributed by atoms with E-state index in [-0.39, 0.29) is 5.69 Å². The highest BCUT2D eigenvalue weighted by molar-refractivity contribution is 5.49. The first kappa shape index (κ1) is 18.0. The van der Waals surface area contributed by atoms with Crippen molar-refractivity contribution >= 4 is 18.0 Å². The van der Waals surface area contributed by atoms with E-state index in [9.17, 15) is 14.9 Å². The second kappa shape index (κ2) is 12.1. The van der Waals surface area contributed by atoms with Gasteiger partial charge in [0.15, 0.2) is 0 Å². The third kappa shape index (κ3) is 9.03. The fraction of sp³-hybridized carbons (Fsp3) is 0.438. The highest BCUT2D eigenvalue weighted by atomic mass is 16.6. The van der Waals surface area contributed by atoms with E-state index in [0.717, 1.165) is 24.7 Å². The van der Waals surface area contributed by atoms with Gasteiger partial charge in [0, 0.05) is 18.6 Å². The predicted octanol–water partition coefficient (Wildman–Crippen LogP) is 4.78. The number of nitro benzene ring substituents is 1. The van der Waals surface area contributed by atoms with Crippen molar-refractivity contribution in [1.29, 1.82) is 0 Å². The summed E-state index contributed by atoms with van der Waals surface area (Å²) >= 11 is 0. The molecule has 0 amide bonds. The van der Waals surface area contributed by atoms with Crippen LogP contribution in [0.15, 0.2) is 30.8 Å². The number of nitrogens with zero attached hydrogens (tertiary/aromatic N) is 1. The fourth-order valence-electron chi connectivity index (χ4n) is 1.56. The molecule has 0 aliphatic heterocycles. The fourth-order valence-corrected chi connectivity index (χ4v) is 1.56. The van der Waals surface area contributed by atoms with Crippen LogP contribution in [0.5, 0.6) is 0 Å². The molecule has 0 atom stereocenters. The molecule has 1 aromatic carbocycles. The topological polar surface area (TPSA) is 60.2 Å². The molecule has 0 fully saturated rings. The van der Waals surface area contributed by atoms with E-state index >= 15 is 0 Å². The molecule has 0 saturated heterocycles. The van der Waals surface area contributed by atoms with Crippen molar-refractivity contribution < 1.29 is 9.72 Å². The summed E-state index contributed by atoms with van der Waals surface area (Å²) in [5.41, 5.74) is 0.992. The summed E-state index contributed by atoms with van der Waals surface area (Å²) in [6.45, 7) is 5.73. The molecule has 0 N–H and O–H groups in total. The van der Waals surface area contributed by atoms with Crippen LogP contribution < -0.4 is 0 Å². The van der Waals surface area contributed by atoms with Crippen molar-refractivity contribution in [2.45, 2.75) is 45.4 Å². The largest absolute Gasteiger partial charge is 0.303 e. The van der Waals surface area contributed by atoms with Crippen molar-refractivity contribution in [2.24, 2.45) is 0 Å². The minimum absolute atomic E-state index is 0.107. The Bertz CT molecular complexity index is 399. The molecule has 0 aromatic heterocycles. The molecule has 0 spiro atoms. The van der Waals surface area contributed by atoms with Gasteiger partial charge in [0.1, 0.15) is 6.29 Å². The van der Waals surface area contributed by atoms with Gasteiger partial charge < -0.3 is 4.79 Å². The van der Waals surface area contributed by atoms with Crippen LogP contribution in [0.1, 0.15) is 51.0 Å². The summed E-state index contributed by atoms with van der Waals surface area (Å²) in [6, 6.07) is 6.23. The van der Waals surface area contributed by atoms with Gasteiger partial charge in [-0.15, -0.1) is 0 Å². The number of benzene rings is 1. The Kier molecular flexibility index (Phi) is 10.9. The van der Waals surface area contributed by atoms with E-state index in [1.807, 2.05) is 0 Å². The van der Waals surface area contributed by atoms with Gasteiger partial charge in [-0.3, -0.25) is 10.1 Å². The third-order valence-corrected chi connectivity index (χ3v) is 2.77. The van der Waals surface area contributed by atoms with Crippen LogP contribution in [0.2, 0.25) is 0 Å². The maximum atomic E-state index is 10.2. The summed E-state index contributed by atoms with van der Waals surface area (Å²) in [7, 11) is 0. The first-order chi connectivity index (χ1) is 9.65. The molecule has 20 heavy (non-hydrogen) atoms. The summed E-state index contributed by atoms with van der Waals surface area (Å²) in [4.78, 5) is 19.6. The smallest absolute Gasteiger partial charge is 0.269 e. The second-order valence-corrected chi connectivity index (χ2v) is 4.42. The maximum absolute atomic E-state index is 10.2. The molecule has 4 heteroatoms. The van der Waals surface area contributed by atoms with Crippen molar-refractivity contribution in [3.8, 4) is 0 Å². The van der Waals surface area contributed by atoms with Gasteiger partial charge in [-0.25, -0.2) is 0 Å². The minimum atomic E-state index is -0.424. The van der Waals surface area contributed by atoms with Crippen molar-refractivity contribution in [2.75, 3.05) is 0 Å². The van der Waals surface area contributed by atoms with Crippen LogP contribution >= 0.6 is 0 Å². The highest BCUT2D eigenvalue weighted by Gasteiger charge is 2.01. The number of nitro groups is 1. The Hall–Kier alpha value is -1.97. The lowest BCUT2D eigenvalue weighted by Gasteiger charge is -1.93. The lowest BCUT2D eigenvalue weighted by Crippen LogP contribution is -1.86. The molecule has 1 aromatic rings. The standard InChI is InChI=1S/C8H7NO2.C8H16O/c1-2-7-3-5-8(6-4-7)9(10)11;1-2-3-4-5-6-7-8-9/h2-6H,1H2;8H,2-7H2,1H3. The molecule has 110 valence electrons. The molecule has 0 unspecified atom stereocenters. The maximum Gasteiger partial charge on any atom is 0.269 e. The van der Waals surface area contributed by atoms with E-state index in [1.165, 1.54) is 37.8 Å². The SMILES string of the molecule is C=Cc1ccc([N+](=O)[O-])cc1.CCCCCCCC=O. The Labute approximate surface area is 120 Å². The predicted molar refractivity (Wildman–Crippen MR) is 82.6 cm³/mol. The molecule has 0 heterocycles. The Balaban J connectivity index is 0.000000370. The minimum Gasteiger partial charge on any atom is -0.303 e. The molecular formula is C16H23NO3. The average molecular weight is 277 g/mol. The van der Waals surface area contributed by atoms with E-state index < -0.39 is 4.92 Å². The lowest BCUT2D eigenvalue weighted by molar-refractivity contribution is -0.384. The zero-order valence-electron chi connectivity index (χ0n) is 12.1. The first-order valence-electron chi connectivity index (χ1n) is 6.96. The zero-order chi connectivity index (χ0) is 15.2. The second-order valence-electron chi connectivity index (χ2n) is 4.42. The van der Waals surface area contributed by atoms with Crippen LogP contribution in [-0.4, -0.2) is 11.2 Å². The number of hydrogen-bond donors (Lipinski definition) is 0. The Morgan fingerprint density at radius 1 is 1.15 bits per heavy atom. The molecule has 0 aliphatic carbocycles. The summed E-state index contributed by atoms with van der Waals surface area (Å²) in [5.74, 6) is 0. The molecular weight excluding hydrogens is 254 g/mol. The third-order valence-electron chi connectivity index (χ3n) is 2.77. The van der Waals surface area contributed by atoms with Crippen LogP contribution in [0, 0.1) is 10.1 Å². The summed E-state index contributed by atoms with van der Waals surface area (Å²) in [6.07, 6.45) is 9.61. The van der Waals surface area contributed by atoms with Crippen molar-refractivity contribution in [3.05, 3.63) is 46.5 Å². The van der Waals surface area contributed by atoms with E-state index in [4.69, 9.17) is 0 Å². The normalized spacial score (nSPS) is 9.25. The van der Waals surface area contributed by atoms with Crippen LogP contribution in [0.4, 0.5) is 5.69 Å². The van der Waals surface area contributed by atoms with Crippen molar-refractivity contribution in [1.82, 2.24) is 0 Å². The van der Waals surface area contributed by atoms with Gasteiger partial charge in [-0.1, -0.05) is 45.3 Å². The monoisotopic (exact) mass is 277 g/mol. The van der Waals surface area contributed by atoms with E-state index in [1.54, 1.807) is 18.2 Å². The molecule has 0 saturated carbocycles. The van der Waals surface area contributed by atoms with Gasteiger partial charge in [-0.2, -0.15) is 0 Å².